The van der Waals surface area contributed by atoms with Gasteiger partial charge >= 0.3 is 11.7 Å². The summed E-state index contributed by atoms with van der Waals surface area (Å²) < 4.78 is 10.3. The van der Waals surface area contributed by atoms with Crippen molar-refractivity contribution in [2.24, 2.45) is 12.8 Å². The minimum atomic E-state index is -0.347. The van der Waals surface area contributed by atoms with E-state index in [0.29, 0.717) is 36.4 Å². The molecule has 0 fully saturated rings. The molecule has 12 heteroatoms. The van der Waals surface area contributed by atoms with Crippen molar-refractivity contribution in [3.8, 4) is 0 Å². The summed E-state index contributed by atoms with van der Waals surface area (Å²) in [5.74, 6) is 0.544. The molecule has 0 saturated carbocycles. The predicted molar refractivity (Wildman–Crippen MR) is 157 cm³/mol. The lowest BCUT2D eigenvalue weighted by molar-refractivity contribution is -0.143. The van der Waals surface area contributed by atoms with Crippen LogP contribution in [0.5, 0.6) is 0 Å². The fraction of sp³-hybridized carbons (Fsp3) is 0.250. The van der Waals surface area contributed by atoms with Crippen molar-refractivity contribution < 1.29 is 9.53 Å². The van der Waals surface area contributed by atoms with Crippen LogP contribution in [0, 0.1) is 5.41 Å². The maximum atomic E-state index is 13.4. The zero-order valence-electron chi connectivity index (χ0n) is 22.3. The third-order valence-corrected chi connectivity index (χ3v) is 6.64. The number of rotatable bonds is 10. The number of benzene rings is 2. The molecule has 0 aliphatic rings. The third kappa shape index (κ3) is 5.69. The highest BCUT2D eigenvalue weighted by Crippen LogP contribution is 2.20. The number of halogens is 1. The Morgan fingerprint density at radius 1 is 1.10 bits per heavy atom. The molecule has 5 rings (SSSR count). The van der Waals surface area contributed by atoms with Crippen LogP contribution in [-0.4, -0.2) is 42.1 Å². The van der Waals surface area contributed by atoms with E-state index in [9.17, 15) is 9.59 Å². The SMILES string of the molecule is CCOC(=O)CCn1c(=O)n(Cc2ccc3c(c2)nc(CNc2ccc(C(=N)N)cc2)n3C)c2cccnc21.Cl. The van der Waals surface area contributed by atoms with Gasteiger partial charge in [0.2, 0.25) is 0 Å². The molecule has 0 radical (unpaired) electrons. The number of aryl methyl sites for hydroxylation is 2. The average Bonchev–Trinajstić information content (AvgIpc) is 3.39. The minimum Gasteiger partial charge on any atom is -0.466 e. The number of pyridine rings is 1. The van der Waals surface area contributed by atoms with Crippen LogP contribution in [0.15, 0.2) is 65.6 Å². The molecular weight excluding hydrogens is 532 g/mol. The van der Waals surface area contributed by atoms with Crippen LogP contribution in [0.3, 0.4) is 0 Å². The molecule has 3 aromatic heterocycles. The van der Waals surface area contributed by atoms with Crippen molar-refractivity contribution in [1.82, 2.24) is 23.7 Å². The van der Waals surface area contributed by atoms with Crippen molar-refractivity contribution in [2.75, 3.05) is 11.9 Å². The maximum Gasteiger partial charge on any atom is 0.330 e. The zero-order valence-corrected chi connectivity index (χ0v) is 23.1. The summed E-state index contributed by atoms with van der Waals surface area (Å²) in [7, 11) is 1.97. The van der Waals surface area contributed by atoms with Gasteiger partial charge in [-0.2, -0.15) is 0 Å². The Bertz CT molecular complexity index is 1740. The van der Waals surface area contributed by atoms with Gasteiger partial charge in [0.05, 0.1) is 42.7 Å². The number of nitrogens with two attached hydrogens (primary N) is 1. The second-order valence-electron chi connectivity index (χ2n) is 9.18. The number of carbonyl (C=O) groups excluding carboxylic acids is 1. The zero-order chi connectivity index (χ0) is 27.5. The van der Waals surface area contributed by atoms with Crippen LogP contribution in [0.4, 0.5) is 5.69 Å². The molecule has 0 unspecified atom stereocenters. The summed E-state index contributed by atoms with van der Waals surface area (Å²) in [5.41, 5.74) is 10.9. The fourth-order valence-electron chi connectivity index (χ4n) is 4.62. The summed E-state index contributed by atoms with van der Waals surface area (Å²) in [6, 6.07) is 17.0. The Kier molecular flexibility index (Phi) is 8.54. The second kappa shape index (κ2) is 12.0. The fourth-order valence-corrected chi connectivity index (χ4v) is 4.62. The lowest BCUT2D eigenvalue weighted by atomic mass is 10.2. The molecule has 208 valence electrons. The highest BCUT2D eigenvalue weighted by molar-refractivity contribution is 5.95. The van der Waals surface area contributed by atoms with Gasteiger partial charge in [-0.15, -0.1) is 12.4 Å². The first-order chi connectivity index (χ1) is 18.9. The number of nitrogens with zero attached hydrogens (tertiary/aromatic N) is 5. The van der Waals surface area contributed by atoms with E-state index >= 15 is 0 Å². The molecule has 40 heavy (non-hydrogen) atoms. The lowest BCUT2D eigenvalue weighted by Gasteiger charge is -2.07. The van der Waals surface area contributed by atoms with Crippen LogP contribution in [0.1, 0.15) is 30.3 Å². The molecule has 11 nitrogen and oxygen atoms in total. The molecular formula is C28H31ClN8O3. The smallest absolute Gasteiger partial charge is 0.330 e. The Balaban J connectivity index is 0.00000370. The number of anilines is 1. The normalized spacial score (nSPS) is 10.9. The third-order valence-electron chi connectivity index (χ3n) is 6.64. The molecule has 0 aliphatic carbocycles. The Hall–Kier alpha value is -4.64. The molecule has 2 aromatic carbocycles. The summed E-state index contributed by atoms with van der Waals surface area (Å²) in [5, 5.41) is 10.9. The van der Waals surface area contributed by atoms with Crippen LogP contribution >= 0.6 is 12.4 Å². The van der Waals surface area contributed by atoms with E-state index in [0.717, 1.165) is 28.1 Å². The van der Waals surface area contributed by atoms with E-state index in [1.807, 2.05) is 48.0 Å². The topological polar surface area (TPSA) is 146 Å². The monoisotopic (exact) mass is 562 g/mol. The van der Waals surface area contributed by atoms with E-state index in [2.05, 4.69) is 10.3 Å². The van der Waals surface area contributed by atoms with Gasteiger partial charge in [-0.1, -0.05) is 6.07 Å². The molecule has 4 N–H and O–H groups in total. The van der Waals surface area contributed by atoms with E-state index in [4.69, 9.17) is 20.9 Å². The number of carbonyl (C=O) groups is 1. The van der Waals surface area contributed by atoms with Gasteiger partial charge in [0.25, 0.3) is 0 Å². The largest absolute Gasteiger partial charge is 0.466 e. The summed E-state index contributed by atoms with van der Waals surface area (Å²) in [4.78, 5) is 34.5. The maximum absolute atomic E-state index is 13.4. The van der Waals surface area contributed by atoms with Crippen molar-refractivity contribution in [2.45, 2.75) is 33.0 Å². The van der Waals surface area contributed by atoms with Crippen molar-refractivity contribution in [3.05, 3.63) is 88.2 Å². The van der Waals surface area contributed by atoms with Gasteiger partial charge in [0.15, 0.2) is 5.65 Å². The molecule has 0 bridgehead atoms. The number of amidine groups is 1. The Labute approximate surface area is 236 Å². The molecule has 0 saturated heterocycles. The minimum absolute atomic E-state index is 0. The van der Waals surface area contributed by atoms with Crippen molar-refractivity contribution in [3.63, 3.8) is 0 Å². The molecule has 0 aliphatic heterocycles. The number of imidazole rings is 2. The summed E-state index contributed by atoms with van der Waals surface area (Å²) >= 11 is 0. The summed E-state index contributed by atoms with van der Waals surface area (Å²) in [6.07, 6.45) is 1.74. The van der Waals surface area contributed by atoms with Gasteiger partial charge in [-0.25, -0.2) is 14.8 Å². The van der Waals surface area contributed by atoms with Crippen LogP contribution in [-0.2, 0) is 36.2 Å². The van der Waals surface area contributed by atoms with E-state index in [1.165, 1.54) is 4.57 Å². The lowest BCUT2D eigenvalue weighted by Crippen LogP contribution is -2.26. The van der Waals surface area contributed by atoms with E-state index < -0.39 is 0 Å². The van der Waals surface area contributed by atoms with Crippen LogP contribution in [0.2, 0.25) is 0 Å². The van der Waals surface area contributed by atoms with E-state index in [1.54, 1.807) is 35.9 Å². The van der Waals surface area contributed by atoms with Gasteiger partial charge < -0.3 is 20.4 Å². The highest BCUT2D eigenvalue weighted by Gasteiger charge is 2.16. The number of nitrogens with one attached hydrogen (secondary N) is 2. The Morgan fingerprint density at radius 2 is 1.88 bits per heavy atom. The number of nitrogen functional groups attached to an aromatic ring is 1. The van der Waals surface area contributed by atoms with Gasteiger partial charge in [-0.3, -0.25) is 19.3 Å². The van der Waals surface area contributed by atoms with Gasteiger partial charge in [-0.05, 0) is 61.0 Å². The number of esters is 1. The first kappa shape index (κ1) is 28.4. The van der Waals surface area contributed by atoms with E-state index in [-0.39, 0.29) is 42.9 Å². The number of hydrogen-bond acceptors (Lipinski definition) is 7. The number of ether oxygens (including phenoxy) is 1. The number of hydrogen-bond donors (Lipinski definition) is 3. The molecule has 0 amide bonds. The van der Waals surface area contributed by atoms with Crippen LogP contribution in [0.25, 0.3) is 22.2 Å². The first-order valence-electron chi connectivity index (χ1n) is 12.7. The Morgan fingerprint density at radius 3 is 2.60 bits per heavy atom. The van der Waals surface area contributed by atoms with Gasteiger partial charge in [0.1, 0.15) is 11.7 Å². The average molecular weight is 563 g/mol. The first-order valence-corrected chi connectivity index (χ1v) is 12.7. The van der Waals surface area contributed by atoms with Crippen molar-refractivity contribution in [1.29, 1.82) is 5.41 Å². The molecule has 3 heterocycles. The molecule has 0 atom stereocenters. The van der Waals surface area contributed by atoms with Crippen LogP contribution < -0.4 is 16.7 Å². The summed E-state index contributed by atoms with van der Waals surface area (Å²) in [6.45, 7) is 3.11. The standard InChI is InChI=1S/C28H30N8O3.ClH/c1-3-39-25(37)12-14-35-27-23(5-4-13-31-27)36(28(35)38)17-18-6-11-22-21(15-18)33-24(34(22)2)16-32-20-9-7-19(8-10-20)26(29)30;/h4-11,13,15,32H,3,12,14,16-17H2,1-2H3,(H3,29,30);1H. The van der Waals surface area contributed by atoms with Gasteiger partial charge in [0, 0.05) is 31.0 Å². The molecule has 0 spiro atoms. The van der Waals surface area contributed by atoms with Crippen molar-refractivity contribution >= 4 is 52.1 Å². The molecule has 5 aromatic rings. The highest BCUT2D eigenvalue weighted by atomic mass is 35.5. The number of fused-ring (bicyclic) bond motifs is 2. The predicted octanol–water partition coefficient (Wildman–Crippen LogP) is 3.40. The second-order valence-corrected chi connectivity index (χ2v) is 9.18. The quantitative estimate of drug-likeness (QED) is 0.134. The number of aromatic nitrogens is 5.